The maximum absolute atomic E-state index is 13.1. The Hall–Kier alpha value is -3.88. The van der Waals surface area contributed by atoms with Gasteiger partial charge in [-0.1, -0.05) is 42.5 Å². The number of likely N-dealkylation sites (tertiary alicyclic amines) is 1. The first-order valence-corrected chi connectivity index (χ1v) is 14.7. The second kappa shape index (κ2) is 7.89. The van der Waals surface area contributed by atoms with E-state index in [0.717, 1.165) is 59.2 Å². The molecule has 4 aromatic rings. The molecule has 1 aromatic heterocycles. The fraction of sp³-hybridized carbons (Fsp3) is 0.394. The zero-order chi connectivity index (χ0) is 27.7. The Morgan fingerprint density at radius 1 is 1.07 bits per heavy atom. The average Bonchev–Trinajstić information content (AvgIpc) is 3.64. The van der Waals surface area contributed by atoms with E-state index in [0.29, 0.717) is 30.2 Å². The number of rotatable bonds is 5. The van der Waals surface area contributed by atoms with Crippen LogP contribution in [0.25, 0.3) is 10.9 Å². The van der Waals surface area contributed by atoms with Crippen molar-refractivity contribution in [1.82, 2.24) is 9.47 Å². The molecule has 3 aromatic carbocycles. The van der Waals surface area contributed by atoms with E-state index in [2.05, 4.69) is 21.6 Å². The molecule has 41 heavy (non-hydrogen) atoms. The number of phenolic OH excluding ortho intramolecular Hbond substituents is 1. The van der Waals surface area contributed by atoms with Gasteiger partial charge in [0.15, 0.2) is 17.6 Å². The van der Waals surface area contributed by atoms with Crippen molar-refractivity contribution >= 4 is 16.6 Å². The highest BCUT2D eigenvalue weighted by molar-refractivity contribution is 5.87. The van der Waals surface area contributed by atoms with Crippen molar-refractivity contribution < 1.29 is 19.9 Å². The van der Waals surface area contributed by atoms with Gasteiger partial charge in [0.1, 0.15) is 0 Å². The van der Waals surface area contributed by atoms with Gasteiger partial charge in [0.05, 0.1) is 28.2 Å². The van der Waals surface area contributed by atoms with Crippen molar-refractivity contribution in [1.29, 1.82) is 0 Å². The van der Waals surface area contributed by atoms with Gasteiger partial charge in [0, 0.05) is 47.1 Å². The Balaban J connectivity index is 1.31. The zero-order valence-corrected chi connectivity index (χ0v) is 22.6. The second-order valence-corrected chi connectivity index (χ2v) is 12.8. The molecule has 1 saturated carbocycles. The molecule has 0 amide bonds. The van der Waals surface area contributed by atoms with E-state index >= 15 is 0 Å². The molecule has 2 N–H and O–H groups in total. The summed E-state index contributed by atoms with van der Waals surface area (Å²) in [6.45, 7) is 2.20. The van der Waals surface area contributed by atoms with Crippen LogP contribution >= 0.6 is 0 Å². The number of phenols is 1. The lowest BCUT2D eigenvalue weighted by molar-refractivity contribution is -0.385. The molecule has 9 rings (SSSR count). The largest absolute Gasteiger partial charge is 0.504 e. The summed E-state index contributed by atoms with van der Waals surface area (Å²) < 4.78 is 9.01. The third kappa shape index (κ3) is 2.91. The number of para-hydroxylation sites is 2. The lowest BCUT2D eigenvalue weighted by Gasteiger charge is -2.63. The molecule has 8 nitrogen and oxygen atoms in total. The minimum atomic E-state index is -1.07. The van der Waals surface area contributed by atoms with Crippen LogP contribution in [-0.4, -0.2) is 49.3 Å². The standard InChI is InChI=1S/C33H31N3O5/c37-26-12-11-20-15-27-33(38)16-23-22-6-2-4-8-25(22)35(18-21-5-1-3-7-24(21)36(39)40)29(23)31-32(33,28(20)30(26)41-31)13-14-34(27)17-19-9-10-19/h1-8,11-12,19,27,31,37-38H,9-10,13-18H2/t27-,31-,32-,33+/m0/s1. The fourth-order valence-corrected chi connectivity index (χ4v) is 8.97. The minimum Gasteiger partial charge on any atom is -0.504 e. The van der Waals surface area contributed by atoms with Crippen molar-refractivity contribution in [2.45, 2.75) is 61.8 Å². The lowest BCUT2D eigenvalue weighted by atomic mass is 9.49. The van der Waals surface area contributed by atoms with E-state index in [-0.39, 0.29) is 22.4 Å². The molecule has 3 aliphatic carbocycles. The molecule has 3 heterocycles. The van der Waals surface area contributed by atoms with Gasteiger partial charge in [-0.3, -0.25) is 15.0 Å². The summed E-state index contributed by atoms with van der Waals surface area (Å²) in [7, 11) is 0. The maximum atomic E-state index is 13.1. The molecule has 4 atom stereocenters. The van der Waals surface area contributed by atoms with Crippen molar-refractivity contribution in [3.63, 3.8) is 0 Å². The number of hydrogen-bond acceptors (Lipinski definition) is 6. The van der Waals surface area contributed by atoms with E-state index in [1.54, 1.807) is 18.2 Å². The Labute approximate surface area is 236 Å². The molecule has 8 heteroatoms. The SMILES string of the molecule is O=[N+]([O-])c1ccccc1Cn1c2c(c3ccccc31)C[C@@]1(O)[C@@H]3Cc4ccc(O)c5c4[C@@]1(CCN3CC1CC1)[C@H]2O5. The molecule has 2 aliphatic heterocycles. The monoisotopic (exact) mass is 549 g/mol. The Morgan fingerprint density at radius 3 is 2.71 bits per heavy atom. The van der Waals surface area contributed by atoms with Crippen LogP contribution in [0.3, 0.4) is 0 Å². The van der Waals surface area contributed by atoms with Gasteiger partial charge >= 0.3 is 0 Å². The summed E-state index contributed by atoms with van der Waals surface area (Å²) in [6.07, 6.45) is 3.94. The molecule has 2 fully saturated rings. The van der Waals surface area contributed by atoms with Crippen LogP contribution in [0, 0.1) is 16.0 Å². The van der Waals surface area contributed by atoms with Crippen LogP contribution in [0.4, 0.5) is 5.69 Å². The van der Waals surface area contributed by atoms with Crippen molar-refractivity contribution in [2.75, 3.05) is 13.1 Å². The highest BCUT2D eigenvalue weighted by atomic mass is 16.6. The molecule has 208 valence electrons. The molecular weight excluding hydrogens is 518 g/mol. The number of ether oxygens (including phenoxy) is 1. The Bertz CT molecular complexity index is 1790. The van der Waals surface area contributed by atoms with Crippen LogP contribution in [0.1, 0.15) is 53.3 Å². The number of nitro groups is 1. The van der Waals surface area contributed by atoms with Gasteiger partial charge in [0.2, 0.25) is 0 Å². The first kappa shape index (κ1) is 23.8. The van der Waals surface area contributed by atoms with E-state index in [9.17, 15) is 20.3 Å². The van der Waals surface area contributed by atoms with E-state index in [1.165, 1.54) is 12.8 Å². The number of piperidine rings is 1. The van der Waals surface area contributed by atoms with E-state index < -0.39 is 17.1 Å². The first-order valence-electron chi connectivity index (χ1n) is 14.7. The van der Waals surface area contributed by atoms with Gasteiger partial charge < -0.3 is 19.5 Å². The highest BCUT2D eigenvalue weighted by Gasteiger charge is 2.73. The third-order valence-electron chi connectivity index (χ3n) is 10.8. The Kier molecular flexibility index (Phi) is 4.58. The maximum Gasteiger partial charge on any atom is 0.274 e. The quantitative estimate of drug-likeness (QED) is 0.268. The van der Waals surface area contributed by atoms with Gasteiger partial charge in [0.25, 0.3) is 5.69 Å². The number of fused-ring (bicyclic) bond motifs is 4. The van der Waals surface area contributed by atoms with Gasteiger partial charge in [-0.15, -0.1) is 0 Å². The molecule has 1 saturated heterocycles. The van der Waals surface area contributed by atoms with Gasteiger partial charge in [-0.2, -0.15) is 0 Å². The summed E-state index contributed by atoms with van der Waals surface area (Å²) >= 11 is 0. The van der Waals surface area contributed by atoms with Crippen molar-refractivity contribution in [2.24, 2.45) is 5.92 Å². The molecular formula is C33H31N3O5. The minimum absolute atomic E-state index is 0.0450. The molecule has 2 bridgehead atoms. The van der Waals surface area contributed by atoms with Crippen LogP contribution in [-0.2, 0) is 24.8 Å². The summed E-state index contributed by atoms with van der Waals surface area (Å²) in [4.78, 5) is 14.2. The molecule has 5 aliphatic rings. The van der Waals surface area contributed by atoms with E-state index in [1.807, 2.05) is 30.3 Å². The van der Waals surface area contributed by atoms with Crippen LogP contribution in [0.15, 0.2) is 60.7 Å². The summed E-state index contributed by atoms with van der Waals surface area (Å²) in [6, 6.07) is 18.8. The number of aliphatic hydroxyl groups is 1. The predicted molar refractivity (Wildman–Crippen MR) is 152 cm³/mol. The van der Waals surface area contributed by atoms with Crippen LogP contribution in [0.5, 0.6) is 11.5 Å². The normalized spacial score (nSPS) is 29.2. The smallest absolute Gasteiger partial charge is 0.274 e. The zero-order valence-electron chi connectivity index (χ0n) is 22.6. The number of aromatic hydroxyl groups is 1. The number of hydrogen-bond donors (Lipinski definition) is 2. The van der Waals surface area contributed by atoms with Crippen molar-refractivity contribution in [3.05, 3.63) is 98.7 Å². The molecule has 0 unspecified atom stereocenters. The highest BCUT2D eigenvalue weighted by Crippen LogP contribution is 2.69. The molecule has 1 spiro atoms. The fourth-order valence-electron chi connectivity index (χ4n) is 8.97. The van der Waals surface area contributed by atoms with Crippen molar-refractivity contribution in [3.8, 4) is 11.5 Å². The number of aromatic nitrogens is 1. The first-order chi connectivity index (χ1) is 19.9. The summed E-state index contributed by atoms with van der Waals surface area (Å²) in [5.41, 5.74) is 4.05. The van der Waals surface area contributed by atoms with E-state index in [4.69, 9.17) is 4.74 Å². The van der Waals surface area contributed by atoms with Gasteiger partial charge in [-0.25, -0.2) is 0 Å². The third-order valence-corrected chi connectivity index (χ3v) is 10.8. The second-order valence-electron chi connectivity index (χ2n) is 12.8. The van der Waals surface area contributed by atoms with Crippen LogP contribution < -0.4 is 4.74 Å². The Morgan fingerprint density at radius 2 is 1.88 bits per heavy atom. The van der Waals surface area contributed by atoms with Gasteiger partial charge in [-0.05, 0) is 61.4 Å². The van der Waals surface area contributed by atoms with Crippen LogP contribution in [0.2, 0.25) is 0 Å². The topological polar surface area (TPSA) is 101 Å². The summed E-state index contributed by atoms with van der Waals surface area (Å²) in [5.74, 6) is 1.31. The predicted octanol–water partition coefficient (Wildman–Crippen LogP) is 5.00. The average molecular weight is 550 g/mol. The number of nitrogens with zero attached hydrogens (tertiary/aromatic N) is 3. The summed E-state index contributed by atoms with van der Waals surface area (Å²) in [5, 5.41) is 37.2. The number of benzene rings is 3. The molecule has 0 radical (unpaired) electrons. The lowest BCUT2D eigenvalue weighted by Crippen LogP contribution is -2.74. The number of nitro benzene ring substituents is 1.